The van der Waals surface area contributed by atoms with Gasteiger partial charge in [-0.05, 0) is 49.7 Å². The number of hydrogen-bond acceptors (Lipinski definition) is 5. The van der Waals surface area contributed by atoms with Gasteiger partial charge in [0.05, 0.1) is 19.3 Å². The van der Waals surface area contributed by atoms with E-state index in [4.69, 9.17) is 0 Å². The number of imidazole rings is 1. The number of halogens is 1. The Balaban J connectivity index is 1.45. The van der Waals surface area contributed by atoms with Gasteiger partial charge in [0.25, 0.3) is 5.78 Å². The van der Waals surface area contributed by atoms with Crippen LogP contribution in [-0.2, 0) is 17.8 Å². The van der Waals surface area contributed by atoms with Crippen molar-refractivity contribution in [1.82, 2.24) is 29.1 Å². The molecule has 0 bridgehead atoms. The maximum absolute atomic E-state index is 13.5. The topological polar surface area (TPSA) is 90.0 Å². The smallest absolute Gasteiger partial charge is 0.252 e. The summed E-state index contributed by atoms with van der Waals surface area (Å²) < 4.78 is 17.0. The molecule has 170 valence electrons. The van der Waals surface area contributed by atoms with E-state index in [0.29, 0.717) is 35.2 Å². The second-order valence-corrected chi connectivity index (χ2v) is 8.07. The molecule has 0 aliphatic heterocycles. The molecule has 0 atom stereocenters. The van der Waals surface area contributed by atoms with Crippen molar-refractivity contribution in [2.45, 2.75) is 26.8 Å². The van der Waals surface area contributed by atoms with E-state index in [1.54, 1.807) is 23.0 Å². The van der Waals surface area contributed by atoms with Gasteiger partial charge in [-0.2, -0.15) is 4.98 Å². The van der Waals surface area contributed by atoms with Crippen molar-refractivity contribution in [3.8, 4) is 11.3 Å². The summed E-state index contributed by atoms with van der Waals surface area (Å²) in [6, 6.07) is 17.8. The molecule has 9 heteroatoms. The predicted molar refractivity (Wildman–Crippen MR) is 126 cm³/mol. The Morgan fingerprint density at radius 3 is 2.56 bits per heavy atom. The Labute approximate surface area is 195 Å². The van der Waals surface area contributed by atoms with Crippen LogP contribution in [0.15, 0.2) is 67.0 Å². The van der Waals surface area contributed by atoms with Gasteiger partial charge in [0, 0.05) is 17.0 Å². The highest BCUT2D eigenvalue weighted by molar-refractivity contribution is 5.94. The molecule has 0 aliphatic carbocycles. The Kier molecular flexibility index (Phi) is 5.59. The number of nitrogens with one attached hydrogen (secondary N) is 1. The van der Waals surface area contributed by atoms with Crippen LogP contribution in [-0.4, -0.2) is 35.0 Å². The van der Waals surface area contributed by atoms with Gasteiger partial charge in [0.2, 0.25) is 5.91 Å². The largest absolute Gasteiger partial charge is 0.312 e. The van der Waals surface area contributed by atoms with Crippen molar-refractivity contribution in [3.63, 3.8) is 0 Å². The Morgan fingerprint density at radius 2 is 1.79 bits per heavy atom. The van der Waals surface area contributed by atoms with Crippen molar-refractivity contribution < 1.29 is 9.18 Å². The van der Waals surface area contributed by atoms with Crippen molar-refractivity contribution >= 4 is 17.5 Å². The average molecular weight is 455 g/mol. The predicted octanol–water partition coefficient (Wildman–Crippen LogP) is 3.97. The Morgan fingerprint density at radius 1 is 1.03 bits per heavy atom. The third kappa shape index (κ3) is 4.40. The third-order valence-electron chi connectivity index (χ3n) is 5.39. The summed E-state index contributed by atoms with van der Waals surface area (Å²) in [6.45, 7) is 4.32. The first kappa shape index (κ1) is 21.4. The molecule has 5 rings (SSSR count). The average Bonchev–Trinajstić information content (AvgIpc) is 3.39. The number of aromatic nitrogens is 6. The molecular weight excluding hydrogens is 433 g/mol. The number of nitrogens with zero attached hydrogens (tertiary/aromatic N) is 6. The van der Waals surface area contributed by atoms with Crippen LogP contribution in [0.25, 0.3) is 17.0 Å². The molecular formula is C25H22FN7O. The van der Waals surface area contributed by atoms with Crippen LogP contribution in [0.3, 0.4) is 0 Å². The highest BCUT2D eigenvalue weighted by Crippen LogP contribution is 2.28. The van der Waals surface area contributed by atoms with Crippen molar-refractivity contribution in [1.29, 1.82) is 0 Å². The quantitative estimate of drug-likeness (QED) is 0.418. The molecule has 0 aliphatic rings. The summed E-state index contributed by atoms with van der Waals surface area (Å²) >= 11 is 0. The molecule has 34 heavy (non-hydrogen) atoms. The van der Waals surface area contributed by atoms with Crippen LogP contribution in [0, 0.1) is 19.7 Å². The number of rotatable bonds is 6. The Hall–Kier alpha value is -4.40. The van der Waals surface area contributed by atoms with Gasteiger partial charge < -0.3 is 9.88 Å². The molecule has 8 nitrogen and oxygen atoms in total. The zero-order chi connectivity index (χ0) is 23.7. The first-order chi connectivity index (χ1) is 16.5. The number of carbonyl (C=O) groups excluding carboxylic acids is 1. The number of anilines is 1. The minimum Gasteiger partial charge on any atom is -0.312 e. The zero-order valence-electron chi connectivity index (χ0n) is 18.7. The van der Waals surface area contributed by atoms with E-state index in [1.165, 1.54) is 12.1 Å². The fraction of sp³-hybridized carbons (Fsp3) is 0.160. The van der Waals surface area contributed by atoms with E-state index in [1.807, 2.05) is 54.8 Å². The second-order valence-electron chi connectivity index (χ2n) is 8.07. The van der Waals surface area contributed by atoms with Gasteiger partial charge in [0.15, 0.2) is 5.82 Å². The van der Waals surface area contributed by atoms with E-state index in [-0.39, 0.29) is 18.1 Å². The fourth-order valence-electron chi connectivity index (χ4n) is 3.83. The maximum Gasteiger partial charge on any atom is 0.252 e. The van der Waals surface area contributed by atoms with Crippen LogP contribution >= 0.6 is 0 Å². The minimum atomic E-state index is -0.338. The maximum atomic E-state index is 13.5. The molecule has 1 amide bonds. The van der Waals surface area contributed by atoms with Crippen LogP contribution < -0.4 is 5.32 Å². The van der Waals surface area contributed by atoms with E-state index in [9.17, 15) is 9.18 Å². The summed E-state index contributed by atoms with van der Waals surface area (Å²) in [5, 5.41) is 7.39. The summed E-state index contributed by atoms with van der Waals surface area (Å²) in [4.78, 5) is 26.3. The number of aryl methyl sites for hydroxylation is 2. The van der Waals surface area contributed by atoms with Crippen LogP contribution in [0.4, 0.5) is 10.2 Å². The monoisotopic (exact) mass is 455 g/mol. The van der Waals surface area contributed by atoms with Crippen molar-refractivity contribution in [2.75, 3.05) is 5.32 Å². The first-order valence-corrected chi connectivity index (χ1v) is 10.8. The molecule has 3 heterocycles. The standard InChI is InChI=1S/C25H22FN7O/c1-16-12-17(2)33-25(28-16)29-21(31-33)13-22(34)30-24-23(19-8-10-20(26)11-9-19)27-15-32(24)14-18-6-4-3-5-7-18/h3-12,15H,13-14H2,1-2H3,(H,30,34). The zero-order valence-corrected chi connectivity index (χ0v) is 18.7. The van der Waals surface area contributed by atoms with Crippen LogP contribution in [0.5, 0.6) is 0 Å². The van der Waals surface area contributed by atoms with Crippen molar-refractivity contribution in [3.05, 3.63) is 95.6 Å². The second kappa shape index (κ2) is 8.86. The summed E-state index contributed by atoms with van der Waals surface area (Å²) in [7, 11) is 0. The number of amides is 1. The minimum absolute atomic E-state index is 0.0266. The van der Waals surface area contributed by atoms with Crippen molar-refractivity contribution in [2.24, 2.45) is 0 Å². The number of fused-ring (bicyclic) bond motifs is 1. The molecule has 0 unspecified atom stereocenters. The van der Waals surface area contributed by atoms with Gasteiger partial charge in [-0.1, -0.05) is 30.3 Å². The van der Waals surface area contributed by atoms with E-state index in [0.717, 1.165) is 17.0 Å². The SMILES string of the molecule is Cc1cc(C)n2nc(CC(=O)Nc3c(-c4ccc(F)cc4)ncn3Cc3ccccc3)nc2n1. The third-order valence-corrected chi connectivity index (χ3v) is 5.39. The molecule has 0 spiro atoms. The van der Waals surface area contributed by atoms with Gasteiger partial charge in [-0.25, -0.2) is 18.9 Å². The molecule has 2 aromatic carbocycles. The number of benzene rings is 2. The number of hydrogen-bond donors (Lipinski definition) is 1. The molecule has 0 radical (unpaired) electrons. The molecule has 0 saturated carbocycles. The molecule has 0 saturated heterocycles. The molecule has 0 fully saturated rings. The first-order valence-electron chi connectivity index (χ1n) is 10.8. The molecule has 3 aromatic heterocycles. The summed E-state index contributed by atoms with van der Waals surface area (Å²) in [5.41, 5.74) is 4.04. The molecule has 5 aromatic rings. The van der Waals surface area contributed by atoms with Gasteiger partial charge in [0.1, 0.15) is 17.3 Å². The number of carbonyl (C=O) groups is 1. The van der Waals surface area contributed by atoms with E-state index in [2.05, 4.69) is 25.4 Å². The van der Waals surface area contributed by atoms with Gasteiger partial charge >= 0.3 is 0 Å². The highest BCUT2D eigenvalue weighted by atomic mass is 19.1. The van der Waals surface area contributed by atoms with Gasteiger partial charge in [-0.3, -0.25) is 4.79 Å². The Bertz CT molecular complexity index is 1470. The summed E-state index contributed by atoms with van der Waals surface area (Å²) in [6.07, 6.45) is 1.64. The van der Waals surface area contributed by atoms with E-state index >= 15 is 0 Å². The summed E-state index contributed by atoms with van der Waals surface area (Å²) in [5.74, 6) is 0.727. The van der Waals surface area contributed by atoms with Gasteiger partial charge in [-0.15, -0.1) is 5.10 Å². The highest BCUT2D eigenvalue weighted by Gasteiger charge is 2.18. The lowest BCUT2D eigenvalue weighted by Crippen LogP contribution is -2.18. The lowest BCUT2D eigenvalue weighted by molar-refractivity contribution is -0.115. The lowest BCUT2D eigenvalue weighted by atomic mass is 10.1. The van der Waals surface area contributed by atoms with Crippen LogP contribution in [0.1, 0.15) is 22.8 Å². The normalized spacial score (nSPS) is 11.1. The lowest BCUT2D eigenvalue weighted by Gasteiger charge is -2.11. The van der Waals surface area contributed by atoms with E-state index < -0.39 is 0 Å². The molecule has 1 N–H and O–H groups in total. The van der Waals surface area contributed by atoms with Crippen LogP contribution in [0.2, 0.25) is 0 Å². The fourth-order valence-corrected chi connectivity index (χ4v) is 3.83.